The van der Waals surface area contributed by atoms with Crippen molar-refractivity contribution in [3.63, 3.8) is 0 Å². The number of fused-ring (bicyclic) bond motifs is 1. The van der Waals surface area contributed by atoms with E-state index in [0.717, 1.165) is 12.3 Å². The number of rotatable bonds is 5. The third-order valence-electron chi connectivity index (χ3n) is 5.16. The Morgan fingerprint density at radius 2 is 1.54 bits per heavy atom. The van der Waals surface area contributed by atoms with E-state index in [2.05, 4.69) is 110 Å². The maximum atomic E-state index is 6.04. The van der Waals surface area contributed by atoms with Crippen LogP contribution in [-0.4, -0.2) is 4.57 Å². The van der Waals surface area contributed by atoms with E-state index in [1.165, 1.54) is 27.6 Å². The van der Waals surface area contributed by atoms with Crippen LogP contribution in [0.25, 0.3) is 10.9 Å². The van der Waals surface area contributed by atoms with Gasteiger partial charge in [-0.05, 0) is 46.4 Å². The molecule has 0 bridgehead atoms. The van der Waals surface area contributed by atoms with Gasteiger partial charge in [-0.3, -0.25) is 0 Å². The normalized spacial score (nSPS) is 11.7. The smallest absolute Gasteiger partial charge is 0.120 e. The predicted octanol–water partition coefficient (Wildman–Crippen LogP) is 6.57. The molecule has 0 saturated heterocycles. The van der Waals surface area contributed by atoms with Crippen LogP contribution in [0.5, 0.6) is 5.75 Å². The lowest BCUT2D eigenvalue weighted by Gasteiger charge is -2.19. The number of ether oxygens (including phenoxy) is 1. The van der Waals surface area contributed by atoms with Gasteiger partial charge in [0, 0.05) is 23.6 Å². The van der Waals surface area contributed by atoms with Crippen LogP contribution in [0.3, 0.4) is 0 Å². The topological polar surface area (TPSA) is 14.2 Å². The zero-order chi connectivity index (χ0) is 19.6. The Kier molecular flexibility index (Phi) is 4.95. The highest BCUT2D eigenvalue weighted by atomic mass is 16.5. The van der Waals surface area contributed by atoms with E-state index in [4.69, 9.17) is 4.74 Å². The summed E-state index contributed by atoms with van der Waals surface area (Å²) < 4.78 is 8.32. The van der Waals surface area contributed by atoms with Crippen LogP contribution in [-0.2, 0) is 18.6 Å². The SMILES string of the molecule is CC(C)(C)c1ccc(COc2ccc3c(ccn3Cc3ccccc3)c2)cc1. The molecule has 3 aromatic carbocycles. The fourth-order valence-corrected chi connectivity index (χ4v) is 3.45. The molecule has 0 unspecified atom stereocenters. The molecule has 0 aliphatic heterocycles. The van der Waals surface area contributed by atoms with Crippen molar-refractivity contribution in [1.82, 2.24) is 4.57 Å². The zero-order valence-corrected chi connectivity index (χ0v) is 16.9. The molecule has 0 amide bonds. The molecule has 0 aliphatic rings. The Labute approximate surface area is 167 Å². The maximum absolute atomic E-state index is 6.04. The lowest BCUT2D eigenvalue weighted by molar-refractivity contribution is 0.306. The van der Waals surface area contributed by atoms with Crippen LogP contribution in [0.1, 0.15) is 37.5 Å². The van der Waals surface area contributed by atoms with E-state index in [0.29, 0.717) is 6.61 Å². The van der Waals surface area contributed by atoms with E-state index in [1.807, 2.05) is 0 Å². The Morgan fingerprint density at radius 3 is 2.25 bits per heavy atom. The molecule has 0 atom stereocenters. The summed E-state index contributed by atoms with van der Waals surface area (Å²) in [6.45, 7) is 8.16. The Balaban J connectivity index is 1.45. The number of hydrogen-bond acceptors (Lipinski definition) is 1. The molecule has 0 fully saturated rings. The summed E-state index contributed by atoms with van der Waals surface area (Å²) in [7, 11) is 0. The lowest BCUT2D eigenvalue weighted by atomic mass is 9.87. The van der Waals surface area contributed by atoms with Crippen molar-refractivity contribution in [1.29, 1.82) is 0 Å². The fraction of sp³-hybridized carbons (Fsp3) is 0.231. The molecule has 28 heavy (non-hydrogen) atoms. The van der Waals surface area contributed by atoms with Gasteiger partial charge >= 0.3 is 0 Å². The minimum Gasteiger partial charge on any atom is -0.489 e. The number of aromatic nitrogens is 1. The first-order valence-corrected chi connectivity index (χ1v) is 9.84. The molecule has 0 saturated carbocycles. The van der Waals surface area contributed by atoms with Gasteiger partial charge in [-0.25, -0.2) is 0 Å². The first-order chi connectivity index (χ1) is 13.5. The highest BCUT2D eigenvalue weighted by molar-refractivity contribution is 5.81. The standard InChI is InChI=1S/C26H27NO/c1-26(2,3)23-11-9-21(10-12-23)19-28-24-13-14-25-22(17-24)15-16-27(25)18-20-7-5-4-6-8-20/h4-17H,18-19H2,1-3H3. The minimum atomic E-state index is 0.178. The average molecular weight is 370 g/mol. The second-order valence-electron chi connectivity index (χ2n) is 8.39. The van der Waals surface area contributed by atoms with Gasteiger partial charge in [0.2, 0.25) is 0 Å². The Bertz CT molecular complexity index is 1050. The van der Waals surface area contributed by atoms with E-state index in [9.17, 15) is 0 Å². The summed E-state index contributed by atoms with van der Waals surface area (Å²) in [6, 6.07) is 27.8. The van der Waals surface area contributed by atoms with E-state index in [-0.39, 0.29) is 5.41 Å². The molecular formula is C26H27NO. The lowest BCUT2D eigenvalue weighted by Crippen LogP contribution is -2.10. The van der Waals surface area contributed by atoms with Gasteiger partial charge in [-0.2, -0.15) is 0 Å². The van der Waals surface area contributed by atoms with Gasteiger partial charge in [0.25, 0.3) is 0 Å². The summed E-state index contributed by atoms with van der Waals surface area (Å²) >= 11 is 0. The number of benzene rings is 3. The summed E-state index contributed by atoms with van der Waals surface area (Å²) in [6.07, 6.45) is 2.15. The van der Waals surface area contributed by atoms with E-state index in [1.54, 1.807) is 0 Å². The van der Waals surface area contributed by atoms with Crippen LogP contribution in [0.4, 0.5) is 0 Å². The minimum absolute atomic E-state index is 0.178. The van der Waals surface area contributed by atoms with Crippen LogP contribution < -0.4 is 4.74 Å². The molecule has 2 heteroatoms. The van der Waals surface area contributed by atoms with Crippen molar-refractivity contribution in [3.8, 4) is 5.75 Å². The van der Waals surface area contributed by atoms with Crippen molar-refractivity contribution >= 4 is 10.9 Å². The highest BCUT2D eigenvalue weighted by Gasteiger charge is 2.12. The fourth-order valence-electron chi connectivity index (χ4n) is 3.45. The second kappa shape index (κ2) is 7.55. The van der Waals surface area contributed by atoms with Crippen molar-refractivity contribution < 1.29 is 4.74 Å². The average Bonchev–Trinajstić information content (AvgIpc) is 3.09. The molecule has 0 spiro atoms. The van der Waals surface area contributed by atoms with Crippen molar-refractivity contribution in [3.05, 3.63) is 102 Å². The van der Waals surface area contributed by atoms with Crippen LogP contribution in [0, 0.1) is 0 Å². The molecule has 0 N–H and O–H groups in total. The van der Waals surface area contributed by atoms with Crippen LogP contribution in [0.2, 0.25) is 0 Å². The monoisotopic (exact) mass is 369 g/mol. The quantitative estimate of drug-likeness (QED) is 0.388. The molecule has 4 rings (SSSR count). The molecule has 2 nitrogen and oxygen atoms in total. The zero-order valence-electron chi connectivity index (χ0n) is 16.9. The largest absolute Gasteiger partial charge is 0.489 e. The number of hydrogen-bond donors (Lipinski definition) is 0. The summed E-state index contributed by atoms with van der Waals surface area (Å²) in [5.74, 6) is 0.907. The Morgan fingerprint density at radius 1 is 0.786 bits per heavy atom. The predicted molar refractivity (Wildman–Crippen MR) is 117 cm³/mol. The van der Waals surface area contributed by atoms with Crippen molar-refractivity contribution in [2.45, 2.75) is 39.3 Å². The molecule has 1 heterocycles. The first-order valence-electron chi connectivity index (χ1n) is 9.84. The van der Waals surface area contributed by atoms with Gasteiger partial charge in [0.1, 0.15) is 12.4 Å². The Hall–Kier alpha value is -3.00. The van der Waals surface area contributed by atoms with Gasteiger partial charge in [0.05, 0.1) is 0 Å². The van der Waals surface area contributed by atoms with Gasteiger partial charge in [0.15, 0.2) is 0 Å². The second-order valence-corrected chi connectivity index (χ2v) is 8.39. The summed E-state index contributed by atoms with van der Waals surface area (Å²) in [5.41, 5.74) is 5.24. The molecule has 1 aromatic heterocycles. The van der Waals surface area contributed by atoms with Crippen molar-refractivity contribution in [2.24, 2.45) is 0 Å². The first kappa shape index (κ1) is 18.4. The third kappa shape index (κ3) is 4.12. The summed E-state index contributed by atoms with van der Waals surface area (Å²) in [4.78, 5) is 0. The number of nitrogens with zero attached hydrogens (tertiary/aromatic N) is 1. The van der Waals surface area contributed by atoms with E-state index < -0.39 is 0 Å². The van der Waals surface area contributed by atoms with Gasteiger partial charge in [-0.1, -0.05) is 75.4 Å². The summed E-state index contributed by atoms with van der Waals surface area (Å²) in [5, 5.41) is 1.21. The maximum Gasteiger partial charge on any atom is 0.120 e. The van der Waals surface area contributed by atoms with E-state index >= 15 is 0 Å². The van der Waals surface area contributed by atoms with Gasteiger partial charge < -0.3 is 9.30 Å². The molecule has 4 aromatic rings. The van der Waals surface area contributed by atoms with Crippen LogP contribution in [0.15, 0.2) is 85.1 Å². The highest BCUT2D eigenvalue weighted by Crippen LogP contribution is 2.25. The van der Waals surface area contributed by atoms with Crippen LogP contribution >= 0.6 is 0 Å². The molecule has 142 valence electrons. The molecule has 0 radical (unpaired) electrons. The molecular weight excluding hydrogens is 342 g/mol. The van der Waals surface area contributed by atoms with Crippen molar-refractivity contribution in [2.75, 3.05) is 0 Å². The molecule has 0 aliphatic carbocycles. The third-order valence-corrected chi connectivity index (χ3v) is 5.16. The van der Waals surface area contributed by atoms with Gasteiger partial charge in [-0.15, -0.1) is 0 Å².